The van der Waals surface area contributed by atoms with Crippen LogP contribution in [0.25, 0.3) is 5.52 Å². The van der Waals surface area contributed by atoms with Crippen LogP contribution in [0.2, 0.25) is 10.2 Å². The van der Waals surface area contributed by atoms with Crippen molar-refractivity contribution in [3.63, 3.8) is 0 Å². The molecule has 0 aliphatic carbocycles. The van der Waals surface area contributed by atoms with Gasteiger partial charge in [0, 0.05) is 23.4 Å². The Labute approximate surface area is 280 Å². The van der Waals surface area contributed by atoms with Crippen molar-refractivity contribution in [3.8, 4) is 0 Å². The van der Waals surface area contributed by atoms with Crippen molar-refractivity contribution in [2.75, 3.05) is 20.6 Å². The Hall–Kier alpha value is -4.69. The van der Waals surface area contributed by atoms with Gasteiger partial charge in [0.2, 0.25) is 0 Å². The first kappa shape index (κ1) is 38.8. The second-order valence-corrected chi connectivity index (χ2v) is 11.3. The first-order valence-electron chi connectivity index (χ1n) is 13.6. The molecule has 1 aromatic carbocycles. The molecule has 0 unspecified atom stereocenters. The highest BCUT2D eigenvalue weighted by molar-refractivity contribution is 6.42. The van der Waals surface area contributed by atoms with Crippen LogP contribution in [-0.2, 0) is 35.6 Å². The monoisotopic (exact) mass is 745 g/mol. The normalized spacial score (nSPS) is 12.9. The van der Waals surface area contributed by atoms with Gasteiger partial charge in [-0.05, 0) is 23.8 Å². The standard InChI is InChI=1S/C23H22Cl2FN7O2.2C2HF3O2/c1-30(2)11-19-28-29-20-12-31(5-6-32(19)20)23(35)15-8-13(3-4-17(15)26)7-14-10-27-22(34)18-9-16(24)21(25)33(14)18;2*3-2(4,5)1(6)7/h3-4,8-10H,5-7,11-12H2,1-2H3,(H,27,34);2*(H,6,7). The largest absolute Gasteiger partial charge is 0.542 e. The van der Waals surface area contributed by atoms with Gasteiger partial charge in [-0.2, -0.15) is 26.3 Å². The van der Waals surface area contributed by atoms with Crippen LogP contribution in [0.5, 0.6) is 0 Å². The number of H-pyrrole nitrogens is 2. The highest BCUT2D eigenvalue weighted by Gasteiger charge is 2.32. The molecular weight excluding hydrogens is 722 g/mol. The van der Waals surface area contributed by atoms with E-state index < -0.39 is 36.0 Å². The summed E-state index contributed by atoms with van der Waals surface area (Å²) < 4.78 is 81.5. The number of aromatic nitrogens is 5. The zero-order chi connectivity index (χ0) is 37.0. The van der Waals surface area contributed by atoms with Crippen LogP contribution < -0.4 is 25.2 Å². The molecule has 4 heterocycles. The molecule has 1 amide bonds. The summed E-state index contributed by atoms with van der Waals surface area (Å²) in [4.78, 5) is 48.5. The molecule has 3 aromatic heterocycles. The van der Waals surface area contributed by atoms with Crippen molar-refractivity contribution < 1.29 is 64.8 Å². The highest BCUT2D eigenvalue weighted by Crippen LogP contribution is 2.27. The molecule has 22 heteroatoms. The van der Waals surface area contributed by atoms with Gasteiger partial charge in [-0.15, -0.1) is 5.10 Å². The van der Waals surface area contributed by atoms with Gasteiger partial charge >= 0.3 is 18.2 Å². The van der Waals surface area contributed by atoms with E-state index in [4.69, 9.17) is 43.0 Å². The number of amides is 1. The molecule has 3 N–H and O–H groups in total. The van der Waals surface area contributed by atoms with Crippen LogP contribution in [0.3, 0.4) is 0 Å². The number of hydrogen-bond donors (Lipinski definition) is 3. The number of aromatic amines is 2. The number of carbonyl (C=O) groups is 3. The van der Waals surface area contributed by atoms with E-state index in [1.54, 1.807) is 21.4 Å². The molecule has 13 nitrogen and oxygen atoms in total. The van der Waals surface area contributed by atoms with Crippen molar-refractivity contribution >= 4 is 46.6 Å². The van der Waals surface area contributed by atoms with Gasteiger partial charge in [-0.25, -0.2) is 8.96 Å². The Kier molecular flexibility index (Phi) is 12.1. The molecule has 0 saturated carbocycles. The zero-order valence-electron chi connectivity index (χ0n) is 25.1. The minimum Gasteiger partial charge on any atom is -0.542 e. The fourth-order valence-electron chi connectivity index (χ4n) is 4.44. The molecule has 266 valence electrons. The van der Waals surface area contributed by atoms with Crippen molar-refractivity contribution in [3.05, 3.63) is 85.3 Å². The summed E-state index contributed by atoms with van der Waals surface area (Å²) >= 11 is 12.4. The molecule has 0 radical (unpaired) electrons. The number of fused-ring (bicyclic) bond motifs is 2. The van der Waals surface area contributed by atoms with Crippen molar-refractivity contribution in [2.45, 2.75) is 38.4 Å². The third kappa shape index (κ3) is 9.70. The Morgan fingerprint density at radius 2 is 1.63 bits per heavy atom. The number of carboxylic acids is 2. The minimum absolute atomic E-state index is 0.00858. The van der Waals surface area contributed by atoms with Crippen molar-refractivity contribution in [1.82, 2.24) is 24.5 Å². The van der Waals surface area contributed by atoms with Crippen LogP contribution in [-0.4, -0.2) is 75.3 Å². The smallest absolute Gasteiger partial charge is 0.430 e. The molecule has 1 aliphatic rings. The van der Waals surface area contributed by atoms with Crippen LogP contribution >= 0.6 is 23.2 Å². The lowest BCUT2D eigenvalue weighted by atomic mass is 10.0. The molecule has 1 aliphatic heterocycles. The van der Waals surface area contributed by atoms with Crippen molar-refractivity contribution in [1.29, 1.82) is 0 Å². The quantitative estimate of drug-likeness (QED) is 0.184. The first-order valence-corrected chi connectivity index (χ1v) is 14.3. The number of alkyl halides is 6. The fourth-order valence-corrected chi connectivity index (χ4v) is 4.89. The number of rotatable bonds is 5. The SMILES string of the molecule is C[NH+](C)Cc1n[nH]c2[n+]1CCN(C(=O)c1cc(Cc3c[nH]c(=O)c4cc(Cl)c(Cl)n34)ccc1F)C2.O=C([O-])C(F)(F)F.O=C([O-])C(F)(F)F. The molecule has 5 rings (SSSR count). The van der Waals surface area contributed by atoms with Gasteiger partial charge in [-0.3, -0.25) is 14.0 Å². The Morgan fingerprint density at radius 3 is 2.18 bits per heavy atom. The van der Waals surface area contributed by atoms with E-state index in [1.165, 1.54) is 23.2 Å². The number of halogens is 9. The van der Waals surface area contributed by atoms with Gasteiger partial charge < -0.3 is 34.6 Å². The van der Waals surface area contributed by atoms with Gasteiger partial charge in [-0.1, -0.05) is 29.3 Å². The number of aliphatic carboxylic acids is 2. The predicted molar refractivity (Wildman–Crippen MR) is 149 cm³/mol. The highest BCUT2D eigenvalue weighted by atomic mass is 35.5. The number of benzene rings is 1. The van der Waals surface area contributed by atoms with Crippen LogP contribution in [0.4, 0.5) is 30.7 Å². The molecular formula is C27H24Cl2F7N7O6. The third-order valence-electron chi connectivity index (χ3n) is 6.58. The summed E-state index contributed by atoms with van der Waals surface area (Å²) in [5, 5.41) is 25.4. The maximum Gasteiger partial charge on any atom is 0.430 e. The van der Waals surface area contributed by atoms with E-state index in [9.17, 15) is 40.3 Å². The van der Waals surface area contributed by atoms with E-state index in [0.717, 1.165) is 18.2 Å². The topological polar surface area (TPSA) is 175 Å². The second kappa shape index (κ2) is 15.2. The lowest BCUT2D eigenvalue weighted by Gasteiger charge is -2.25. The van der Waals surface area contributed by atoms with Gasteiger partial charge in [0.25, 0.3) is 17.3 Å². The second-order valence-electron chi connectivity index (χ2n) is 10.5. The summed E-state index contributed by atoms with van der Waals surface area (Å²) in [5.74, 6) is -5.26. The van der Waals surface area contributed by atoms with E-state index in [2.05, 4.69) is 19.7 Å². The molecule has 0 spiro atoms. The van der Waals surface area contributed by atoms with Crippen LogP contribution in [0, 0.1) is 5.82 Å². The zero-order valence-corrected chi connectivity index (χ0v) is 26.6. The van der Waals surface area contributed by atoms with Gasteiger partial charge in [0.05, 0.1) is 37.8 Å². The van der Waals surface area contributed by atoms with Crippen LogP contribution in [0.1, 0.15) is 33.3 Å². The fraction of sp³-hybridized carbons (Fsp3) is 0.333. The number of nitrogens with zero attached hydrogens (tertiary/aromatic N) is 4. The lowest BCUT2D eigenvalue weighted by molar-refractivity contribution is -0.886. The molecule has 0 bridgehead atoms. The summed E-state index contributed by atoms with van der Waals surface area (Å²) in [5.41, 5.74) is 1.31. The van der Waals surface area contributed by atoms with E-state index in [1.807, 2.05) is 14.1 Å². The van der Waals surface area contributed by atoms with Gasteiger partial charge in [0.15, 0.2) is 6.54 Å². The molecule has 49 heavy (non-hydrogen) atoms. The molecule has 0 saturated heterocycles. The van der Waals surface area contributed by atoms with E-state index in [0.29, 0.717) is 42.8 Å². The Bertz CT molecular complexity index is 1900. The summed E-state index contributed by atoms with van der Waals surface area (Å²) in [6.07, 6.45) is -8.55. The lowest BCUT2D eigenvalue weighted by Crippen LogP contribution is -3.04. The molecule has 0 fully saturated rings. The van der Waals surface area contributed by atoms with Crippen molar-refractivity contribution in [2.24, 2.45) is 0 Å². The predicted octanol–water partition coefficient (Wildman–Crippen LogP) is -0.427. The summed E-state index contributed by atoms with van der Waals surface area (Å²) in [6, 6.07) is 5.93. The van der Waals surface area contributed by atoms with Crippen LogP contribution in [0.15, 0.2) is 35.3 Å². The number of carboxylic acid groups (broad SMARTS) is 2. The molecule has 0 atom stereocenters. The number of hydrogen-bond acceptors (Lipinski definition) is 7. The number of quaternary nitrogens is 1. The number of carbonyl (C=O) groups excluding carboxylic acids is 3. The Morgan fingerprint density at radius 1 is 1.04 bits per heavy atom. The molecule has 4 aromatic rings. The van der Waals surface area contributed by atoms with Gasteiger partial charge in [0.1, 0.15) is 35.0 Å². The summed E-state index contributed by atoms with van der Waals surface area (Å²) in [6.45, 7) is 2.11. The maximum absolute atomic E-state index is 14.8. The van der Waals surface area contributed by atoms with E-state index >= 15 is 0 Å². The minimum atomic E-state index is -5.19. The Balaban J connectivity index is 0.000000392. The third-order valence-corrected chi connectivity index (χ3v) is 7.34. The maximum atomic E-state index is 14.8. The van der Waals surface area contributed by atoms with E-state index in [-0.39, 0.29) is 21.3 Å². The average Bonchev–Trinajstić information content (AvgIpc) is 3.54. The average molecular weight is 746 g/mol. The summed E-state index contributed by atoms with van der Waals surface area (Å²) in [7, 11) is 4.10. The number of nitrogens with one attached hydrogen (secondary N) is 3. The first-order chi connectivity index (χ1) is 22.6.